The summed E-state index contributed by atoms with van der Waals surface area (Å²) in [7, 11) is 0. The maximum Gasteiger partial charge on any atom is 0.0469 e. The van der Waals surface area contributed by atoms with Gasteiger partial charge in [-0.3, -0.25) is 0 Å². The van der Waals surface area contributed by atoms with Gasteiger partial charge in [-0.25, -0.2) is 0 Å². The molecule has 0 aromatic heterocycles. The SMILES string of the molecule is CCCNC(C1CCOCC1)C1CC1(C)C. The van der Waals surface area contributed by atoms with Crippen molar-refractivity contribution in [3.05, 3.63) is 0 Å². The summed E-state index contributed by atoms with van der Waals surface area (Å²) < 4.78 is 5.48. The molecule has 1 aliphatic carbocycles. The maximum absolute atomic E-state index is 5.48. The lowest BCUT2D eigenvalue weighted by molar-refractivity contribution is 0.0489. The largest absolute Gasteiger partial charge is 0.381 e. The molecular weight excluding hydrogens is 198 g/mol. The van der Waals surface area contributed by atoms with Crippen LogP contribution in [0.5, 0.6) is 0 Å². The van der Waals surface area contributed by atoms with Crippen LogP contribution < -0.4 is 5.32 Å². The van der Waals surface area contributed by atoms with Gasteiger partial charge in [0, 0.05) is 19.3 Å². The monoisotopic (exact) mass is 225 g/mol. The molecule has 1 N–H and O–H groups in total. The second kappa shape index (κ2) is 5.05. The van der Waals surface area contributed by atoms with E-state index in [9.17, 15) is 0 Å². The van der Waals surface area contributed by atoms with Crippen molar-refractivity contribution in [3.63, 3.8) is 0 Å². The summed E-state index contributed by atoms with van der Waals surface area (Å²) >= 11 is 0. The molecule has 2 fully saturated rings. The van der Waals surface area contributed by atoms with Crippen molar-refractivity contribution in [1.29, 1.82) is 0 Å². The second-order valence-electron chi connectivity index (χ2n) is 6.23. The van der Waals surface area contributed by atoms with Gasteiger partial charge in [0.05, 0.1) is 0 Å². The molecule has 1 saturated carbocycles. The molecule has 0 amide bonds. The van der Waals surface area contributed by atoms with Gasteiger partial charge in [-0.05, 0) is 49.5 Å². The average Bonchev–Trinajstić information content (AvgIpc) is 2.90. The molecule has 1 saturated heterocycles. The van der Waals surface area contributed by atoms with E-state index in [1.54, 1.807) is 0 Å². The quantitative estimate of drug-likeness (QED) is 0.777. The van der Waals surface area contributed by atoms with E-state index >= 15 is 0 Å². The Labute approximate surface area is 100 Å². The molecule has 2 nitrogen and oxygen atoms in total. The smallest absolute Gasteiger partial charge is 0.0469 e. The summed E-state index contributed by atoms with van der Waals surface area (Å²) in [5.74, 6) is 1.76. The molecule has 2 heteroatoms. The van der Waals surface area contributed by atoms with E-state index in [-0.39, 0.29) is 0 Å². The molecule has 2 atom stereocenters. The summed E-state index contributed by atoms with van der Waals surface area (Å²) in [4.78, 5) is 0. The zero-order valence-corrected chi connectivity index (χ0v) is 11.1. The van der Waals surface area contributed by atoms with Gasteiger partial charge in [0.2, 0.25) is 0 Å². The molecule has 0 aromatic rings. The first-order chi connectivity index (χ1) is 7.65. The van der Waals surface area contributed by atoms with Gasteiger partial charge in [-0.15, -0.1) is 0 Å². The van der Waals surface area contributed by atoms with Gasteiger partial charge in [0.15, 0.2) is 0 Å². The highest BCUT2D eigenvalue weighted by atomic mass is 16.5. The Bertz CT molecular complexity index is 221. The van der Waals surface area contributed by atoms with Crippen LogP contribution in [-0.4, -0.2) is 25.8 Å². The first-order valence-corrected chi connectivity index (χ1v) is 6.96. The van der Waals surface area contributed by atoms with Gasteiger partial charge in [-0.2, -0.15) is 0 Å². The first-order valence-electron chi connectivity index (χ1n) is 6.96. The minimum atomic E-state index is 0.587. The van der Waals surface area contributed by atoms with Crippen molar-refractivity contribution in [1.82, 2.24) is 5.32 Å². The highest BCUT2D eigenvalue weighted by Gasteiger charge is 2.51. The van der Waals surface area contributed by atoms with Crippen LogP contribution in [0.4, 0.5) is 0 Å². The Morgan fingerprint density at radius 3 is 2.44 bits per heavy atom. The van der Waals surface area contributed by atoms with E-state index in [0.29, 0.717) is 5.41 Å². The third kappa shape index (κ3) is 2.78. The zero-order chi connectivity index (χ0) is 11.6. The van der Waals surface area contributed by atoms with E-state index < -0.39 is 0 Å². The minimum Gasteiger partial charge on any atom is -0.381 e. The van der Waals surface area contributed by atoms with Crippen LogP contribution in [0.25, 0.3) is 0 Å². The molecule has 0 bridgehead atoms. The Hall–Kier alpha value is -0.0800. The number of ether oxygens (including phenoxy) is 1. The average molecular weight is 225 g/mol. The van der Waals surface area contributed by atoms with Crippen LogP contribution >= 0.6 is 0 Å². The normalized spacial score (nSPS) is 31.3. The van der Waals surface area contributed by atoms with Crippen LogP contribution in [0, 0.1) is 17.3 Å². The predicted molar refractivity (Wildman–Crippen MR) is 67.5 cm³/mol. The van der Waals surface area contributed by atoms with Crippen LogP contribution in [-0.2, 0) is 4.74 Å². The summed E-state index contributed by atoms with van der Waals surface area (Å²) in [6.07, 6.45) is 5.17. The molecular formula is C14H27NO. The van der Waals surface area contributed by atoms with Crippen molar-refractivity contribution < 1.29 is 4.74 Å². The molecule has 0 spiro atoms. The van der Waals surface area contributed by atoms with E-state index in [4.69, 9.17) is 4.74 Å². The van der Waals surface area contributed by atoms with Gasteiger partial charge in [0.1, 0.15) is 0 Å². The Balaban J connectivity index is 1.91. The Morgan fingerprint density at radius 1 is 1.31 bits per heavy atom. The molecule has 2 rings (SSSR count). The highest BCUT2D eigenvalue weighted by Crippen LogP contribution is 2.55. The van der Waals surface area contributed by atoms with E-state index in [1.165, 1.54) is 32.2 Å². The topological polar surface area (TPSA) is 21.3 Å². The summed E-state index contributed by atoms with van der Waals surface area (Å²) in [5.41, 5.74) is 0.587. The predicted octanol–water partition coefficient (Wildman–Crippen LogP) is 2.83. The summed E-state index contributed by atoms with van der Waals surface area (Å²) in [6, 6.07) is 0.749. The van der Waals surface area contributed by atoms with Crippen LogP contribution in [0.3, 0.4) is 0 Å². The molecule has 16 heavy (non-hydrogen) atoms. The molecule has 1 heterocycles. The lowest BCUT2D eigenvalue weighted by atomic mass is 9.86. The standard InChI is InChI=1S/C14H27NO/c1-4-7-15-13(12-10-14(12,2)3)11-5-8-16-9-6-11/h11-13,15H,4-10H2,1-3H3. The third-order valence-corrected chi connectivity index (χ3v) is 4.43. The second-order valence-corrected chi connectivity index (χ2v) is 6.23. The molecule has 94 valence electrons. The van der Waals surface area contributed by atoms with E-state index in [2.05, 4.69) is 26.1 Å². The zero-order valence-electron chi connectivity index (χ0n) is 11.1. The van der Waals surface area contributed by atoms with Crippen molar-refractivity contribution in [2.24, 2.45) is 17.3 Å². The molecule has 0 aromatic carbocycles. The highest BCUT2D eigenvalue weighted by molar-refractivity contribution is 5.03. The summed E-state index contributed by atoms with van der Waals surface area (Å²) in [5, 5.41) is 3.80. The molecule has 2 aliphatic rings. The van der Waals surface area contributed by atoms with Gasteiger partial charge >= 0.3 is 0 Å². The third-order valence-electron chi connectivity index (χ3n) is 4.43. The van der Waals surface area contributed by atoms with Crippen LogP contribution in [0.1, 0.15) is 46.5 Å². The molecule has 2 unspecified atom stereocenters. The summed E-state index contributed by atoms with van der Waals surface area (Å²) in [6.45, 7) is 10.2. The van der Waals surface area contributed by atoms with Gasteiger partial charge < -0.3 is 10.1 Å². The number of nitrogens with one attached hydrogen (secondary N) is 1. The lowest BCUT2D eigenvalue weighted by Crippen LogP contribution is -2.42. The molecule has 1 aliphatic heterocycles. The first kappa shape index (κ1) is 12.4. The Morgan fingerprint density at radius 2 is 1.94 bits per heavy atom. The van der Waals surface area contributed by atoms with Crippen molar-refractivity contribution in [3.8, 4) is 0 Å². The van der Waals surface area contributed by atoms with Crippen molar-refractivity contribution in [2.45, 2.75) is 52.5 Å². The van der Waals surface area contributed by atoms with Crippen LogP contribution in [0.15, 0.2) is 0 Å². The Kier molecular flexibility index (Phi) is 3.91. The number of hydrogen-bond donors (Lipinski definition) is 1. The van der Waals surface area contributed by atoms with E-state index in [1.807, 2.05) is 0 Å². The lowest BCUT2D eigenvalue weighted by Gasteiger charge is -2.32. The van der Waals surface area contributed by atoms with Crippen molar-refractivity contribution in [2.75, 3.05) is 19.8 Å². The van der Waals surface area contributed by atoms with Crippen LogP contribution in [0.2, 0.25) is 0 Å². The maximum atomic E-state index is 5.48. The fourth-order valence-electron chi connectivity index (χ4n) is 3.14. The number of hydrogen-bond acceptors (Lipinski definition) is 2. The van der Waals surface area contributed by atoms with Crippen molar-refractivity contribution >= 4 is 0 Å². The number of rotatable bonds is 5. The van der Waals surface area contributed by atoms with Gasteiger partial charge in [0.25, 0.3) is 0 Å². The fourth-order valence-corrected chi connectivity index (χ4v) is 3.14. The minimum absolute atomic E-state index is 0.587. The molecule has 0 radical (unpaired) electrons. The van der Waals surface area contributed by atoms with E-state index in [0.717, 1.165) is 31.1 Å². The van der Waals surface area contributed by atoms with Gasteiger partial charge in [-0.1, -0.05) is 20.8 Å². The fraction of sp³-hybridized carbons (Fsp3) is 1.00.